The van der Waals surface area contributed by atoms with Gasteiger partial charge < -0.3 is 10.0 Å². The molecule has 0 atom stereocenters. The van der Waals surface area contributed by atoms with Crippen LogP contribution in [0.25, 0.3) is 0 Å². The SMILES string of the molecule is CC(C)(C(=O)O)C(=O)N1CCN(C2CCCC2)CC1. The third kappa shape index (κ3) is 2.91. The highest BCUT2D eigenvalue weighted by molar-refractivity contribution is 6.01. The van der Waals surface area contributed by atoms with Gasteiger partial charge in [0.1, 0.15) is 5.41 Å². The van der Waals surface area contributed by atoms with Crippen molar-refractivity contribution in [3.05, 3.63) is 0 Å². The topological polar surface area (TPSA) is 60.9 Å². The second-order valence-electron chi connectivity index (χ2n) is 6.20. The lowest BCUT2D eigenvalue weighted by atomic mass is 9.91. The van der Waals surface area contributed by atoms with Crippen molar-refractivity contribution in [3.63, 3.8) is 0 Å². The van der Waals surface area contributed by atoms with E-state index in [-0.39, 0.29) is 5.91 Å². The number of rotatable bonds is 3. The van der Waals surface area contributed by atoms with Crippen molar-refractivity contribution >= 4 is 11.9 Å². The van der Waals surface area contributed by atoms with Crippen molar-refractivity contribution in [2.45, 2.75) is 45.6 Å². The molecule has 1 amide bonds. The van der Waals surface area contributed by atoms with E-state index in [2.05, 4.69) is 4.90 Å². The molecule has 5 nitrogen and oxygen atoms in total. The van der Waals surface area contributed by atoms with Crippen LogP contribution in [0.3, 0.4) is 0 Å². The molecule has 0 bridgehead atoms. The van der Waals surface area contributed by atoms with Crippen molar-refractivity contribution in [1.29, 1.82) is 0 Å². The van der Waals surface area contributed by atoms with Crippen LogP contribution in [-0.4, -0.2) is 59.0 Å². The van der Waals surface area contributed by atoms with Gasteiger partial charge in [0.25, 0.3) is 0 Å². The number of hydrogen-bond donors (Lipinski definition) is 1. The lowest BCUT2D eigenvalue weighted by molar-refractivity contribution is -0.159. The van der Waals surface area contributed by atoms with Crippen LogP contribution < -0.4 is 0 Å². The summed E-state index contributed by atoms with van der Waals surface area (Å²) in [5, 5.41) is 9.11. The van der Waals surface area contributed by atoms with Crippen LogP contribution in [0.15, 0.2) is 0 Å². The first-order valence-electron chi connectivity index (χ1n) is 7.20. The quantitative estimate of drug-likeness (QED) is 0.781. The Kier molecular flexibility index (Phi) is 4.13. The van der Waals surface area contributed by atoms with E-state index in [1.165, 1.54) is 39.5 Å². The number of carboxylic acids is 1. The van der Waals surface area contributed by atoms with Gasteiger partial charge in [0.2, 0.25) is 5.91 Å². The molecule has 2 rings (SSSR count). The molecule has 1 saturated carbocycles. The lowest BCUT2D eigenvalue weighted by Crippen LogP contribution is -2.55. The highest BCUT2D eigenvalue weighted by atomic mass is 16.4. The monoisotopic (exact) mass is 268 g/mol. The van der Waals surface area contributed by atoms with Gasteiger partial charge in [-0.25, -0.2) is 0 Å². The number of nitrogens with zero attached hydrogens (tertiary/aromatic N) is 2. The minimum absolute atomic E-state index is 0.258. The highest BCUT2D eigenvalue weighted by Gasteiger charge is 2.40. The first-order chi connectivity index (χ1) is 8.93. The number of hydrogen-bond acceptors (Lipinski definition) is 3. The van der Waals surface area contributed by atoms with Crippen molar-refractivity contribution in [2.75, 3.05) is 26.2 Å². The Morgan fingerprint density at radius 3 is 2.05 bits per heavy atom. The molecule has 1 aliphatic carbocycles. The summed E-state index contributed by atoms with van der Waals surface area (Å²) in [6, 6.07) is 0.685. The molecular weight excluding hydrogens is 244 g/mol. The van der Waals surface area contributed by atoms with Gasteiger partial charge in [-0.1, -0.05) is 12.8 Å². The third-order valence-corrected chi connectivity index (χ3v) is 4.51. The van der Waals surface area contributed by atoms with E-state index in [1.807, 2.05) is 0 Å². The lowest BCUT2D eigenvalue weighted by Gasteiger charge is -2.39. The number of carbonyl (C=O) groups excluding carboxylic acids is 1. The molecule has 0 radical (unpaired) electrons. The summed E-state index contributed by atoms with van der Waals surface area (Å²) in [5.41, 5.74) is -1.31. The minimum Gasteiger partial charge on any atom is -0.480 e. The van der Waals surface area contributed by atoms with Crippen LogP contribution in [0.5, 0.6) is 0 Å². The summed E-state index contributed by atoms with van der Waals surface area (Å²) in [6.45, 7) is 6.05. The molecule has 0 aromatic heterocycles. The zero-order valence-electron chi connectivity index (χ0n) is 11.9. The summed E-state index contributed by atoms with van der Waals surface area (Å²) in [5.74, 6) is -1.30. The molecular formula is C14H24N2O3. The van der Waals surface area contributed by atoms with Crippen molar-refractivity contribution < 1.29 is 14.7 Å². The number of aliphatic carboxylic acids is 1. The summed E-state index contributed by atoms with van der Waals surface area (Å²) in [6.07, 6.45) is 5.18. The van der Waals surface area contributed by atoms with E-state index in [0.717, 1.165) is 13.1 Å². The predicted octanol–water partition coefficient (Wildman–Crippen LogP) is 1.18. The molecule has 1 N–H and O–H groups in total. The summed E-state index contributed by atoms with van der Waals surface area (Å²) in [4.78, 5) is 27.5. The van der Waals surface area contributed by atoms with Crippen molar-refractivity contribution in [2.24, 2.45) is 5.41 Å². The molecule has 0 unspecified atom stereocenters. The van der Waals surface area contributed by atoms with Crippen molar-refractivity contribution in [3.8, 4) is 0 Å². The van der Waals surface area contributed by atoms with Gasteiger partial charge >= 0.3 is 5.97 Å². The van der Waals surface area contributed by atoms with E-state index in [0.29, 0.717) is 19.1 Å². The molecule has 19 heavy (non-hydrogen) atoms. The molecule has 2 fully saturated rings. The first-order valence-corrected chi connectivity index (χ1v) is 7.20. The fraction of sp³-hybridized carbons (Fsp3) is 0.857. The average molecular weight is 268 g/mol. The van der Waals surface area contributed by atoms with E-state index in [1.54, 1.807) is 4.90 Å². The fourth-order valence-corrected chi connectivity index (χ4v) is 3.05. The summed E-state index contributed by atoms with van der Waals surface area (Å²) >= 11 is 0. The average Bonchev–Trinajstić information content (AvgIpc) is 2.91. The summed E-state index contributed by atoms with van der Waals surface area (Å²) < 4.78 is 0. The smallest absolute Gasteiger partial charge is 0.318 e. The van der Waals surface area contributed by atoms with Gasteiger partial charge in [0.05, 0.1) is 0 Å². The number of carbonyl (C=O) groups is 2. The van der Waals surface area contributed by atoms with Crippen LogP contribution in [0.1, 0.15) is 39.5 Å². The Morgan fingerprint density at radius 1 is 1.05 bits per heavy atom. The Labute approximate surface area is 114 Å². The summed E-state index contributed by atoms with van der Waals surface area (Å²) in [7, 11) is 0. The maximum absolute atomic E-state index is 12.2. The van der Waals surface area contributed by atoms with Crippen LogP contribution in [0.4, 0.5) is 0 Å². The molecule has 1 heterocycles. The maximum atomic E-state index is 12.2. The molecule has 1 saturated heterocycles. The standard InChI is InChI=1S/C14H24N2O3/c1-14(2,13(18)19)12(17)16-9-7-15(8-10-16)11-5-3-4-6-11/h11H,3-10H2,1-2H3,(H,18,19). The first kappa shape index (κ1) is 14.3. The molecule has 0 spiro atoms. The molecule has 1 aliphatic heterocycles. The number of carboxylic acid groups (broad SMARTS) is 1. The zero-order chi connectivity index (χ0) is 14.0. The predicted molar refractivity (Wildman–Crippen MR) is 71.8 cm³/mol. The van der Waals surface area contributed by atoms with Gasteiger partial charge in [0.15, 0.2) is 0 Å². The third-order valence-electron chi connectivity index (χ3n) is 4.51. The van der Waals surface area contributed by atoms with Gasteiger partial charge in [-0.3, -0.25) is 14.5 Å². The molecule has 2 aliphatic rings. The Morgan fingerprint density at radius 2 is 1.58 bits per heavy atom. The fourth-order valence-electron chi connectivity index (χ4n) is 3.05. The zero-order valence-corrected chi connectivity index (χ0v) is 11.9. The van der Waals surface area contributed by atoms with Crippen LogP contribution in [0, 0.1) is 5.41 Å². The Hall–Kier alpha value is -1.10. The number of amides is 1. The van der Waals surface area contributed by atoms with Gasteiger partial charge in [-0.05, 0) is 26.7 Å². The molecule has 5 heteroatoms. The van der Waals surface area contributed by atoms with Gasteiger partial charge in [0, 0.05) is 32.2 Å². The van der Waals surface area contributed by atoms with E-state index >= 15 is 0 Å². The molecule has 108 valence electrons. The van der Waals surface area contributed by atoms with Crippen molar-refractivity contribution in [1.82, 2.24) is 9.80 Å². The second kappa shape index (κ2) is 5.49. The molecule has 0 aromatic rings. The van der Waals surface area contributed by atoms with E-state index < -0.39 is 11.4 Å². The van der Waals surface area contributed by atoms with Crippen LogP contribution in [-0.2, 0) is 9.59 Å². The van der Waals surface area contributed by atoms with E-state index in [9.17, 15) is 9.59 Å². The Bertz CT molecular complexity index is 354. The number of piperazine rings is 1. The maximum Gasteiger partial charge on any atom is 0.318 e. The van der Waals surface area contributed by atoms with Crippen LogP contribution >= 0.6 is 0 Å². The largest absolute Gasteiger partial charge is 0.480 e. The molecule has 0 aromatic carbocycles. The normalized spacial score (nSPS) is 22.7. The van der Waals surface area contributed by atoms with Gasteiger partial charge in [-0.2, -0.15) is 0 Å². The minimum atomic E-state index is -1.31. The Balaban J connectivity index is 1.89. The van der Waals surface area contributed by atoms with E-state index in [4.69, 9.17) is 5.11 Å². The van der Waals surface area contributed by atoms with Gasteiger partial charge in [-0.15, -0.1) is 0 Å². The van der Waals surface area contributed by atoms with Crippen LogP contribution in [0.2, 0.25) is 0 Å². The highest BCUT2D eigenvalue weighted by Crippen LogP contribution is 2.25. The second-order valence-corrected chi connectivity index (χ2v) is 6.20.